The van der Waals surface area contributed by atoms with Gasteiger partial charge < -0.3 is 14.1 Å². The average Bonchev–Trinajstić information content (AvgIpc) is 4.04. The van der Waals surface area contributed by atoms with Crippen LogP contribution >= 0.6 is 11.3 Å². The van der Waals surface area contributed by atoms with Crippen LogP contribution in [0.25, 0.3) is 33.5 Å². The first kappa shape index (κ1) is 43.5. The molecule has 1 aliphatic heterocycles. The van der Waals surface area contributed by atoms with Crippen molar-refractivity contribution in [1.29, 1.82) is 0 Å². The lowest BCUT2D eigenvalue weighted by Gasteiger charge is -2.35. The maximum Gasteiger partial charge on any atom is 0.416 e. The Balaban J connectivity index is 1.15. The Morgan fingerprint density at radius 1 is 1.06 bits per heavy atom. The number of rotatable bonds is 14. The molecule has 1 saturated heterocycles. The SMILES string of the molecule is C=C[C@@H]1C[C@]1(CC(=O)[C@@H]1C[C@@H](Oc2nc(-c3ccc(C(F)(F)F)cc3)nc3c2oc2ccccc23)CN1C(=O)[C@@H](Cc1nc(C(C)C)cs1)C(C)(C)C)C(=O)NS(=O)(=O)C1CC1. The first-order chi connectivity index (χ1) is 29.2. The average molecular weight is 892 g/mol. The van der Waals surface area contributed by atoms with Crippen molar-refractivity contribution in [3.8, 4) is 17.3 Å². The molecule has 5 atom stereocenters. The van der Waals surface area contributed by atoms with E-state index in [0.717, 1.165) is 22.8 Å². The first-order valence-corrected chi connectivity index (χ1v) is 23.1. The fourth-order valence-corrected chi connectivity index (χ4v) is 10.7. The molecular formula is C45H48F3N5O7S2. The number of furan rings is 1. The van der Waals surface area contributed by atoms with Crippen molar-refractivity contribution in [2.45, 2.75) is 103 Å². The zero-order valence-corrected chi connectivity index (χ0v) is 36.6. The summed E-state index contributed by atoms with van der Waals surface area (Å²) < 4.78 is 81.2. The maximum absolute atomic E-state index is 15.0. The lowest BCUT2D eigenvalue weighted by atomic mass is 9.77. The summed E-state index contributed by atoms with van der Waals surface area (Å²) in [5.41, 5.74) is -0.575. The van der Waals surface area contributed by atoms with Gasteiger partial charge in [0.05, 0.1) is 39.5 Å². The number of hydrogen-bond donors (Lipinski definition) is 1. The van der Waals surface area contributed by atoms with Crippen LogP contribution in [0.2, 0.25) is 0 Å². The Hall–Kier alpha value is -5.16. The van der Waals surface area contributed by atoms with E-state index in [-0.39, 0.29) is 60.5 Å². The standard InChI is InChI=1S/C45H48F3N5O7S2/c1-7-26-20-44(26,42(56)52-62(57,58)29-16-17-29)21-34(54)33-18-28(22-53(33)41(55)31(43(4,5)6)19-36-49-32(23-61-36)24(2)3)59-40-38-37(30-10-8-9-11-35(30)60-38)50-39(51-40)25-12-14-27(15-13-25)45(46,47)48/h7-15,23-24,26,28-29,31,33H,1,16-22H2,2-6H3,(H,52,56)/t26-,28-,31-,33+,44-/m1/s1. The van der Waals surface area contributed by atoms with E-state index in [1.807, 2.05) is 40.0 Å². The van der Waals surface area contributed by atoms with Gasteiger partial charge in [-0.2, -0.15) is 18.2 Å². The number of halogens is 3. The molecule has 3 fully saturated rings. The minimum Gasteiger partial charge on any atom is -0.470 e. The van der Waals surface area contributed by atoms with Crippen LogP contribution in [0.5, 0.6) is 5.88 Å². The highest BCUT2D eigenvalue weighted by molar-refractivity contribution is 7.90. The van der Waals surface area contributed by atoms with Gasteiger partial charge in [-0.3, -0.25) is 19.1 Å². The Kier molecular flexibility index (Phi) is 11.1. The van der Waals surface area contributed by atoms with Crippen LogP contribution in [0.3, 0.4) is 0 Å². The van der Waals surface area contributed by atoms with Gasteiger partial charge in [0, 0.05) is 41.5 Å². The summed E-state index contributed by atoms with van der Waals surface area (Å²) in [5.74, 6) is -2.35. The first-order valence-electron chi connectivity index (χ1n) is 20.7. The molecule has 12 nitrogen and oxygen atoms in total. The van der Waals surface area contributed by atoms with Gasteiger partial charge in [-0.05, 0) is 60.8 Å². The number of carbonyl (C=O) groups is 3. The van der Waals surface area contributed by atoms with Crippen molar-refractivity contribution >= 4 is 61.0 Å². The number of carbonyl (C=O) groups excluding carboxylic acids is 3. The summed E-state index contributed by atoms with van der Waals surface area (Å²) in [6, 6.07) is 10.5. The predicted molar refractivity (Wildman–Crippen MR) is 228 cm³/mol. The van der Waals surface area contributed by atoms with E-state index in [4.69, 9.17) is 19.1 Å². The molecule has 0 unspecified atom stereocenters. The Morgan fingerprint density at radius 3 is 2.39 bits per heavy atom. The molecule has 3 aromatic heterocycles. The molecule has 0 radical (unpaired) electrons. The molecule has 8 rings (SSSR count). The van der Waals surface area contributed by atoms with Gasteiger partial charge in [-0.15, -0.1) is 17.9 Å². The van der Waals surface area contributed by atoms with Gasteiger partial charge in [-0.1, -0.05) is 65.0 Å². The minimum absolute atomic E-state index is 0.00560. The highest BCUT2D eigenvalue weighted by Crippen LogP contribution is 2.57. The summed E-state index contributed by atoms with van der Waals surface area (Å²) >= 11 is 1.47. The fourth-order valence-electron chi connectivity index (χ4n) is 8.30. The number of para-hydroxylation sites is 1. The second-order valence-corrected chi connectivity index (χ2v) is 21.1. The summed E-state index contributed by atoms with van der Waals surface area (Å²) in [7, 11) is -3.91. The Labute approximate surface area is 361 Å². The molecule has 1 N–H and O–H groups in total. The van der Waals surface area contributed by atoms with Crippen LogP contribution in [0.4, 0.5) is 13.2 Å². The number of ketones is 1. The van der Waals surface area contributed by atoms with Crippen LogP contribution in [-0.4, -0.2) is 69.8 Å². The van der Waals surface area contributed by atoms with E-state index in [2.05, 4.69) is 16.3 Å². The highest BCUT2D eigenvalue weighted by Gasteiger charge is 2.61. The molecule has 4 heterocycles. The molecule has 62 heavy (non-hydrogen) atoms. The van der Waals surface area contributed by atoms with Gasteiger partial charge in [-0.25, -0.2) is 18.4 Å². The number of amides is 2. The van der Waals surface area contributed by atoms with Crippen LogP contribution in [0, 0.1) is 22.7 Å². The largest absolute Gasteiger partial charge is 0.470 e. The molecule has 2 aliphatic carbocycles. The van der Waals surface area contributed by atoms with Gasteiger partial charge in [0.2, 0.25) is 27.4 Å². The zero-order valence-electron chi connectivity index (χ0n) is 35.0. The van der Waals surface area contributed by atoms with Gasteiger partial charge in [0.15, 0.2) is 11.6 Å². The summed E-state index contributed by atoms with van der Waals surface area (Å²) in [5, 5.41) is 2.73. The summed E-state index contributed by atoms with van der Waals surface area (Å²) in [4.78, 5) is 59.1. The third-order valence-electron chi connectivity index (χ3n) is 12.3. The highest BCUT2D eigenvalue weighted by atomic mass is 32.2. The molecule has 0 bridgehead atoms. The van der Waals surface area contributed by atoms with Crippen LogP contribution in [0.15, 0.2) is 71.0 Å². The second-order valence-electron chi connectivity index (χ2n) is 18.2. The number of nitrogens with one attached hydrogen (secondary N) is 1. The van der Waals surface area contributed by atoms with Gasteiger partial charge in [0.1, 0.15) is 17.2 Å². The van der Waals surface area contributed by atoms with E-state index in [0.29, 0.717) is 35.7 Å². The van der Waals surface area contributed by atoms with Crippen LogP contribution in [0.1, 0.15) is 88.9 Å². The van der Waals surface area contributed by atoms with E-state index >= 15 is 4.79 Å². The number of sulfonamides is 1. The zero-order chi connectivity index (χ0) is 44.5. The summed E-state index contributed by atoms with van der Waals surface area (Å²) in [6.45, 7) is 13.7. The lowest BCUT2D eigenvalue weighted by molar-refractivity contribution is -0.144. The number of hydrogen-bond acceptors (Lipinski definition) is 11. The van der Waals surface area contributed by atoms with E-state index in [1.54, 1.807) is 30.3 Å². The van der Waals surface area contributed by atoms with Crippen molar-refractivity contribution < 1.29 is 45.1 Å². The Morgan fingerprint density at radius 2 is 1.77 bits per heavy atom. The van der Waals surface area contributed by atoms with Crippen molar-refractivity contribution in [3.63, 3.8) is 0 Å². The maximum atomic E-state index is 15.0. The molecule has 17 heteroatoms. The van der Waals surface area contributed by atoms with Crippen molar-refractivity contribution in [3.05, 3.63) is 82.8 Å². The molecule has 5 aromatic rings. The van der Waals surface area contributed by atoms with Crippen LogP contribution in [-0.2, 0) is 37.0 Å². The number of likely N-dealkylation sites (tertiary alicyclic amines) is 1. The third kappa shape index (κ3) is 8.49. The predicted octanol–water partition coefficient (Wildman–Crippen LogP) is 8.65. The van der Waals surface area contributed by atoms with E-state index in [1.165, 1.54) is 28.4 Å². The molecule has 328 valence electrons. The number of nitrogens with zero attached hydrogens (tertiary/aromatic N) is 4. The number of ether oxygens (including phenoxy) is 1. The smallest absolute Gasteiger partial charge is 0.416 e. The molecular weight excluding hydrogens is 844 g/mol. The molecule has 2 aromatic carbocycles. The minimum atomic E-state index is -4.55. The summed E-state index contributed by atoms with van der Waals surface area (Å²) in [6.07, 6.45) is -2.74. The fraction of sp³-hybridized carbons (Fsp3) is 0.467. The van der Waals surface area contributed by atoms with Gasteiger partial charge >= 0.3 is 6.18 Å². The van der Waals surface area contributed by atoms with Crippen molar-refractivity contribution in [2.24, 2.45) is 22.7 Å². The number of allylic oxidation sites excluding steroid dienone is 1. The van der Waals surface area contributed by atoms with Crippen LogP contribution < -0.4 is 9.46 Å². The lowest BCUT2D eigenvalue weighted by Crippen LogP contribution is -2.48. The molecule has 2 amide bonds. The number of benzene rings is 2. The number of fused-ring (bicyclic) bond motifs is 3. The van der Waals surface area contributed by atoms with Crippen molar-refractivity contribution in [1.82, 2.24) is 24.6 Å². The van der Waals surface area contributed by atoms with Gasteiger partial charge in [0.25, 0.3) is 5.88 Å². The molecule has 2 saturated carbocycles. The number of alkyl halides is 3. The quantitative estimate of drug-likeness (QED) is 0.107. The Bertz CT molecular complexity index is 2680. The number of Topliss-reactive ketones (excluding diaryl/α,β-unsaturated/α-hetero) is 1. The molecule has 0 spiro atoms. The second kappa shape index (κ2) is 15.9. The number of aromatic nitrogens is 3. The monoisotopic (exact) mass is 891 g/mol. The van der Waals surface area contributed by atoms with E-state index in [9.17, 15) is 31.2 Å². The van der Waals surface area contributed by atoms with E-state index < -0.39 is 73.5 Å². The normalized spacial score (nSPS) is 22.3. The van der Waals surface area contributed by atoms with Crippen molar-refractivity contribution in [2.75, 3.05) is 6.54 Å². The molecule has 3 aliphatic rings. The topological polar surface area (TPSA) is 162 Å². The third-order valence-corrected chi connectivity index (χ3v) is 15.0. The number of thiazole rings is 1.